The lowest BCUT2D eigenvalue weighted by atomic mass is 10.2. The quantitative estimate of drug-likeness (QED) is 0.865. The third kappa shape index (κ3) is 4.63. The highest BCUT2D eigenvalue weighted by atomic mass is 79.9. The van der Waals surface area contributed by atoms with Gasteiger partial charge >= 0.3 is 6.09 Å². The van der Waals surface area contributed by atoms with Gasteiger partial charge in [0.25, 0.3) is 0 Å². The van der Waals surface area contributed by atoms with Crippen LogP contribution < -0.4 is 5.32 Å². The summed E-state index contributed by atoms with van der Waals surface area (Å²) in [5.41, 5.74) is 1.85. The lowest BCUT2D eigenvalue weighted by Crippen LogP contribution is -2.36. The molecule has 4 nitrogen and oxygen atoms in total. The molecule has 1 aliphatic heterocycles. The Balaban J connectivity index is 1.90. The van der Waals surface area contributed by atoms with E-state index in [1.165, 1.54) is 5.56 Å². The summed E-state index contributed by atoms with van der Waals surface area (Å²) in [7, 11) is 0. The summed E-state index contributed by atoms with van der Waals surface area (Å²) in [6.07, 6.45) is 0.715. The van der Waals surface area contributed by atoms with Gasteiger partial charge < -0.3 is 15.0 Å². The molecule has 1 fully saturated rings. The molecular formula is C16H23BrN2O2. The van der Waals surface area contributed by atoms with Crippen molar-refractivity contribution >= 4 is 27.7 Å². The number of carbonyl (C=O) groups is 1. The molecule has 1 heterocycles. The third-order valence-electron chi connectivity index (χ3n) is 3.37. The Morgan fingerprint density at radius 3 is 2.76 bits per heavy atom. The number of amides is 1. The van der Waals surface area contributed by atoms with Gasteiger partial charge in [0.2, 0.25) is 0 Å². The summed E-state index contributed by atoms with van der Waals surface area (Å²) in [6.45, 7) is 9.16. The van der Waals surface area contributed by atoms with Crippen LogP contribution in [0.3, 0.4) is 0 Å². The molecule has 1 saturated heterocycles. The summed E-state index contributed by atoms with van der Waals surface area (Å²) < 4.78 is 6.51. The van der Waals surface area contributed by atoms with Gasteiger partial charge in [-0.1, -0.05) is 15.9 Å². The second-order valence-electron chi connectivity index (χ2n) is 6.52. The first-order valence-electron chi connectivity index (χ1n) is 7.25. The van der Waals surface area contributed by atoms with Crippen LogP contribution >= 0.6 is 15.9 Å². The van der Waals surface area contributed by atoms with E-state index in [9.17, 15) is 4.79 Å². The Kier molecular flexibility index (Phi) is 4.81. The highest BCUT2D eigenvalue weighted by Gasteiger charge is 2.29. The maximum absolute atomic E-state index is 12.0. The molecule has 1 aromatic rings. The van der Waals surface area contributed by atoms with Crippen molar-refractivity contribution in [2.45, 2.75) is 45.8 Å². The van der Waals surface area contributed by atoms with E-state index in [1.807, 2.05) is 32.9 Å². The summed E-state index contributed by atoms with van der Waals surface area (Å²) in [6, 6.07) is 6.48. The molecule has 0 aliphatic carbocycles. The minimum absolute atomic E-state index is 0.223. The van der Waals surface area contributed by atoms with Crippen LogP contribution in [-0.4, -0.2) is 35.7 Å². The molecule has 0 aromatic heterocycles. The van der Waals surface area contributed by atoms with Crippen molar-refractivity contribution in [1.82, 2.24) is 4.90 Å². The molecule has 1 aliphatic rings. The van der Waals surface area contributed by atoms with Crippen molar-refractivity contribution in [2.75, 3.05) is 18.4 Å². The lowest BCUT2D eigenvalue weighted by Gasteiger charge is -2.24. The fourth-order valence-electron chi connectivity index (χ4n) is 2.34. The minimum atomic E-state index is -0.439. The van der Waals surface area contributed by atoms with Crippen LogP contribution in [0.1, 0.15) is 32.8 Å². The van der Waals surface area contributed by atoms with E-state index < -0.39 is 5.60 Å². The molecule has 116 valence electrons. The zero-order chi connectivity index (χ0) is 15.6. The van der Waals surface area contributed by atoms with Gasteiger partial charge in [-0.05, 0) is 57.9 Å². The second-order valence-corrected chi connectivity index (χ2v) is 7.37. The predicted molar refractivity (Wildman–Crippen MR) is 88.7 cm³/mol. The van der Waals surface area contributed by atoms with Crippen molar-refractivity contribution in [3.8, 4) is 0 Å². The third-order valence-corrected chi connectivity index (χ3v) is 4.26. The number of aryl methyl sites for hydroxylation is 1. The van der Waals surface area contributed by atoms with Gasteiger partial charge in [-0.3, -0.25) is 0 Å². The van der Waals surface area contributed by atoms with Gasteiger partial charge in [0, 0.05) is 29.3 Å². The maximum atomic E-state index is 12.0. The first-order valence-corrected chi connectivity index (χ1v) is 8.04. The summed E-state index contributed by atoms with van der Waals surface area (Å²) >= 11 is 3.50. The molecule has 1 aromatic carbocycles. The molecule has 5 heteroatoms. The van der Waals surface area contributed by atoms with Gasteiger partial charge in [-0.2, -0.15) is 0 Å². The van der Waals surface area contributed by atoms with Gasteiger partial charge in [0.1, 0.15) is 5.60 Å². The first-order chi connectivity index (χ1) is 9.74. The number of rotatable bonds is 2. The Morgan fingerprint density at radius 2 is 2.14 bits per heavy atom. The number of carbonyl (C=O) groups excluding carboxylic acids is 1. The molecule has 2 rings (SSSR count). The molecule has 1 atom stereocenters. The molecule has 0 spiro atoms. The number of hydrogen-bond donors (Lipinski definition) is 1. The highest BCUT2D eigenvalue weighted by molar-refractivity contribution is 9.10. The zero-order valence-electron chi connectivity index (χ0n) is 13.1. The summed E-state index contributed by atoms with van der Waals surface area (Å²) in [5.74, 6) is 0. The topological polar surface area (TPSA) is 41.6 Å². The van der Waals surface area contributed by atoms with Gasteiger partial charge in [-0.25, -0.2) is 4.79 Å². The fourth-order valence-corrected chi connectivity index (χ4v) is 2.59. The summed E-state index contributed by atoms with van der Waals surface area (Å²) in [5, 5.41) is 3.49. The monoisotopic (exact) mass is 354 g/mol. The van der Waals surface area contributed by atoms with E-state index in [4.69, 9.17) is 4.74 Å². The van der Waals surface area contributed by atoms with Gasteiger partial charge in [0.15, 0.2) is 0 Å². The van der Waals surface area contributed by atoms with Crippen molar-refractivity contribution in [3.05, 3.63) is 28.2 Å². The van der Waals surface area contributed by atoms with Crippen molar-refractivity contribution < 1.29 is 9.53 Å². The van der Waals surface area contributed by atoms with Crippen LogP contribution in [0.5, 0.6) is 0 Å². The Labute approximate surface area is 135 Å². The van der Waals surface area contributed by atoms with Gasteiger partial charge in [0.05, 0.1) is 0 Å². The van der Waals surface area contributed by atoms with Crippen LogP contribution in [0.15, 0.2) is 22.7 Å². The van der Waals surface area contributed by atoms with Crippen LogP contribution in [0, 0.1) is 6.92 Å². The van der Waals surface area contributed by atoms with Crippen LogP contribution in [-0.2, 0) is 4.74 Å². The minimum Gasteiger partial charge on any atom is -0.444 e. The van der Waals surface area contributed by atoms with E-state index in [0.29, 0.717) is 6.54 Å². The number of benzene rings is 1. The van der Waals surface area contributed by atoms with Crippen molar-refractivity contribution in [2.24, 2.45) is 0 Å². The first kappa shape index (κ1) is 16.1. The number of hydrogen-bond acceptors (Lipinski definition) is 3. The fraction of sp³-hybridized carbons (Fsp3) is 0.562. The standard InChI is InChI=1S/C16H23BrN2O2/c1-11-9-12(5-6-14(11)17)18-13-7-8-19(10-13)15(20)21-16(2,3)4/h5-6,9,13,18H,7-8,10H2,1-4H3. The van der Waals surface area contributed by atoms with Crippen molar-refractivity contribution in [1.29, 1.82) is 0 Å². The molecule has 1 amide bonds. The normalized spacial score (nSPS) is 18.7. The number of nitrogens with one attached hydrogen (secondary N) is 1. The average molecular weight is 355 g/mol. The highest BCUT2D eigenvalue weighted by Crippen LogP contribution is 2.23. The molecule has 1 N–H and O–H groups in total. The predicted octanol–water partition coefficient (Wildman–Crippen LogP) is 4.18. The molecule has 0 bridgehead atoms. The van der Waals surface area contributed by atoms with Crippen LogP contribution in [0.2, 0.25) is 0 Å². The van der Waals surface area contributed by atoms with Crippen molar-refractivity contribution in [3.63, 3.8) is 0 Å². The molecule has 21 heavy (non-hydrogen) atoms. The van der Waals surface area contributed by atoms with Crippen LogP contribution in [0.25, 0.3) is 0 Å². The van der Waals surface area contributed by atoms with E-state index >= 15 is 0 Å². The average Bonchev–Trinajstić information content (AvgIpc) is 2.80. The molecular weight excluding hydrogens is 332 g/mol. The molecule has 0 radical (unpaired) electrons. The van der Waals surface area contributed by atoms with E-state index in [0.717, 1.165) is 23.1 Å². The number of halogens is 1. The summed E-state index contributed by atoms with van der Waals surface area (Å²) in [4.78, 5) is 13.8. The second kappa shape index (κ2) is 6.26. The van der Waals surface area contributed by atoms with Crippen LogP contribution in [0.4, 0.5) is 10.5 Å². The number of likely N-dealkylation sites (tertiary alicyclic amines) is 1. The SMILES string of the molecule is Cc1cc(NC2CCN(C(=O)OC(C)(C)C)C2)ccc1Br. The Bertz CT molecular complexity index is 525. The Morgan fingerprint density at radius 1 is 1.43 bits per heavy atom. The smallest absolute Gasteiger partial charge is 0.410 e. The number of ether oxygens (including phenoxy) is 1. The Hall–Kier alpha value is -1.23. The molecule has 1 unspecified atom stereocenters. The largest absolute Gasteiger partial charge is 0.444 e. The van der Waals surface area contributed by atoms with E-state index in [-0.39, 0.29) is 12.1 Å². The maximum Gasteiger partial charge on any atom is 0.410 e. The van der Waals surface area contributed by atoms with E-state index in [1.54, 1.807) is 4.90 Å². The zero-order valence-corrected chi connectivity index (χ0v) is 14.7. The van der Waals surface area contributed by atoms with E-state index in [2.05, 4.69) is 34.2 Å². The number of nitrogens with zero attached hydrogens (tertiary/aromatic N) is 1. The lowest BCUT2D eigenvalue weighted by molar-refractivity contribution is 0.0293. The molecule has 0 saturated carbocycles. The number of anilines is 1. The van der Waals surface area contributed by atoms with Gasteiger partial charge in [-0.15, -0.1) is 0 Å².